The molecule has 2 aromatic carbocycles. The maximum absolute atomic E-state index is 13.5. The molecule has 3 aromatic rings. The van der Waals surface area contributed by atoms with Crippen molar-refractivity contribution in [2.75, 3.05) is 5.32 Å². The largest absolute Gasteiger partial charge is 0.504 e. The van der Waals surface area contributed by atoms with Gasteiger partial charge in [-0.05, 0) is 12.1 Å². The maximum atomic E-state index is 13.5. The zero-order valence-electron chi connectivity index (χ0n) is 12.1. The summed E-state index contributed by atoms with van der Waals surface area (Å²) in [6.45, 7) is 0. The molecule has 120 valence electrons. The summed E-state index contributed by atoms with van der Waals surface area (Å²) in [7, 11) is 0. The second-order valence-corrected chi connectivity index (χ2v) is 5.51. The van der Waals surface area contributed by atoms with Crippen molar-refractivity contribution in [2.45, 2.75) is 0 Å². The standard InChI is InChI=1S/C16H10FN3O3S/c17-12-7-10(6-11(8-21)13(12)22)15(23)19-16-18-14(20-24-16)9-4-2-1-3-5-9/h1-8,22H,(H,18,19,20,23). The highest BCUT2D eigenvalue weighted by atomic mass is 32.1. The molecule has 0 aliphatic rings. The molecule has 0 spiro atoms. The lowest BCUT2D eigenvalue weighted by molar-refractivity contribution is 0.102. The number of aromatic nitrogens is 2. The Balaban J connectivity index is 1.82. The minimum absolute atomic E-state index is 0.108. The van der Waals surface area contributed by atoms with Crippen LogP contribution in [-0.4, -0.2) is 26.7 Å². The molecule has 0 aliphatic heterocycles. The number of halogens is 1. The van der Waals surface area contributed by atoms with Crippen molar-refractivity contribution in [3.8, 4) is 17.1 Å². The number of aromatic hydroxyl groups is 1. The van der Waals surface area contributed by atoms with E-state index in [2.05, 4.69) is 14.7 Å². The number of hydrogen-bond donors (Lipinski definition) is 2. The van der Waals surface area contributed by atoms with Crippen LogP contribution in [0.15, 0.2) is 42.5 Å². The van der Waals surface area contributed by atoms with Gasteiger partial charge < -0.3 is 5.11 Å². The van der Waals surface area contributed by atoms with Gasteiger partial charge in [0.1, 0.15) is 0 Å². The third-order valence-corrected chi connectivity index (χ3v) is 3.79. The van der Waals surface area contributed by atoms with Crippen molar-refractivity contribution >= 4 is 28.9 Å². The van der Waals surface area contributed by atoms with E-state index >= 15 is 0 Å². The summed E-state index contributed by atoms with van der Waals surface area (Å²) in [4.78, 5) is 27.1. The van der Waals surface area contributed by atoms with Crippen LogP contribution < -0.4 is 5.32 Å². The molecule has 8 heteroatoms. The van der Waals surface area contributed by atoms with Crippen LogP contribution in [0.1, 0.15) is 20.7 Å². The number of carbonyl (C=O) groups excluding carboxylic acids is 2. The molecule has 24 heavy (non-hydrogen) atoms. The van der Waals surface area contributed by atoms with Crippen LogP contribution in [0.2, 0.25) is 0 Å². The lowest BCUT2D eigenvalue weighted by atomic mass is 10.1. The van der Waals surface area contributed by atoms with Crippen molar-refractivity contribution in [1.29, 1.82) is 0 Å². The van der Waals surface area contributed by atoms with Crippen LogP contribution in [-0.2, 0) is 0 Å². The first-order chi connectivity index (χ1) is 11.6. The van der Waals surface area contributed by atoms with E-state index in [1.165, 1.54) is 0 Å². The van der Waals surface area contributed by atoms with Gasteiger partial charge in [-0.15, -0.1) is 0 Å². The first-order valence-electron chi connectivity index (χ1n) is 6.76. The fraction of sp³-hybridized carbons (Fsp3) is 0. The molecule has 0 saturated carbocycles. The Morgan fingerprint density at radius 1 is 1.25 bits per heavy atom. The summed E-state index contributed by atoms with van der Waals surface area (Å²) in [5.74, 6) is -2.04. The van der Waals surface area contributed by atoms with Gasteiger partial charge in [-0.1, -0.05) is 30.3 Å². The van der Waals surface area contributed by atoms with Gasteiger partial charge in [-0.25, -0.2) is 4.39 Å². The number of amides is 1. The summed E-state index contributed by atoms with van der Waals surface area (Å²) in [6, 6.07) is 11.2. The lowest BCUT2D eigenvalue weighted by Crippen LogP contribution is -2.12. The minimum atomic E-state index is -1.05. The number of nitrogens with zero attached hydrogens (tertiary/aromatic N) is 2. The molecule has 0 saturated heterocycles. The number of nitrogens with one attached hydrogen (secondary N) is 1. The highest BCUT2D eigenvalue weighted by Gasteiger charge is 2.16. The van der Waals surface area contributed by atoms with E-state index in [0.29, 0.717) is 5.82 Å². The zero-order valence-corrected chi connectivity index (χ0v) is 12.9. The van der Waals surface area contributed by atoms with Gasteiger partial charge in [0.25, 0.3) is 5.91 Å². The van der Waals surface area contributed by atoms with Gasteiger partial charge in [-0.2, -0.15) is 9.36 Å². The fourth-order valence-corrected chi connectivity index (χ4v) is 2.57. The van der Waals surface area contributed by atoms with Crippen molar-refractivity contribution in [1.82, 2.24) is 9.36 Å². The third kappa shape index (κ3) is 3.13. The van der Waals surface area contributed by atoms with E-state index in [0.717, 1.165) is 29.2 Å². The van der Waals surface area contributed by atoms with Gasteiger partial charge >= 0.3 is 0 Å². The van der Waals surface area contributed by atoms with Crippen molar-refractivity contribution in [3.63, 3.8) is 0 Å². The Hall–Kier alpha value is -3.13. The molecule has 3 rings (SSSR count). The summed E-state index contributed by atoms with van der Waals surface area (Å²) in [6.07, 6.45) is 0.271. The molecule has 6 nitrogen and oxygen atoms in total. The Bertz CT molecular complexity index is 912. The van der Waals surface area contributed by atoms with E-state index in [9.17, 15) is 19.1 Å². The smallest absolute Gasteiger partial charge is 0.257 e. The number of carbonyl (C=O) groups is 2. The van der Waals surface area contributed by atoms with Crippen molar-refractivity contribution < 1.29 is 19.1 Å². The zero-order chi connectivity index (χ0) is 17.1. The number of rotatable bonds is 4. The molecular weight excluding hydrogens is 333 g/mol. The molecule has 1 amide bonds. The lowest BCUT2D eigenvalue weighted by Gasteiger charge is -2.04. The molecular formula is C16H10FN3O3S. The van der Waals surface area contributed by atoms with Crippen LogP contribution in [0.3, 0.4) is 0 Å². The molecule has 1 aromatic heterocycles. The monoisotopic (exact) mass is 343 g/mol. The summed E-state index contributed by atoms with van der Waals surface area (Å²) >= 11 is 0.979. The molecule has 0 aliphatic carbocycles. The Kier molecular flexibility index (Phi) is 4.30. The van der Waals surface area contributed by atoms with Gasteiger partial charge in [-0.3, -0.25) is 14.9 Å². The number of benzene rings is 2. The number of phenolic OH excluding ortho intramolecular Hbond substituents is 1. The van der Waals surface area contributed by atoms with Gasteiger partial charge in [0.15, 0.2) is 23.7 Å². The molecule has 0 radical (unpaired) electrons. The van der Waals surface area contributed by atoms with Crippen LogP contribution in [0.5, 0.6) is 5.75 Å². The van der Waals surface area contributed by atoms with E-state index in [1.54, 1.807) is 0 Å². The first-order valence-corrected chi connectivity index (χ1v) is 7.54. The van der Waals surface area contributed by atoms with Crippen LogP contribution >= 0.6 is 11.5 Å². The number of phenols is 1. The SMILES string of the molecule is O=Cc1cc(C(=O)Nc2nc(-c3ccccc3)ns2)cc(F)c1O. The highest BCUT2D eigenvalue weighted by molar-refractivity contribution is 7.10. The normalized spacial score (nSPS) is 10.4. The van der Waals surface area contributed by atoms with Gasteiger partial charge in [0, 0.05) is 22.7 Å². The predicted octanol–water partition coefficient (Wildman–Crippen LogP) is 3.11. The van der Waals surface area contributed by atoms with E-state index in [-0.39, 0.29) is 22.5 Å². The Morgan fingerprint density at radius 2 is 2.00 bits per heavy atom. The topological polar surface area (TPSA) is 92.2 Å². The molecule has 0 atom stereocenters. The first kappa shape index (κ1) is 15.8. The molecule has 1 heterocycles. The quantitative estimate of drug-likeness (QED) is 0.710. The van der Waals surface area contributed by atoms with Crippen LogP contribution in [0.25, 0.3) is 11.4 Å². The Labute approximate surface area is 139 Å². The summed E-state index contributed by atoms with van der Waals surface area (Å²) in [5, 5.41) is 12.1. The van der Waals surface area contributed by atoms with Crippen molar-refractivity contribution in [2.24, 2.45) is 0 Å². The number of anilines is 1. The average Bonchev–Trinajstić information content (AvgIpc) is 3.06. The average molecular weight is 343 g/mol. The maximum Gasteiger partial charge on any atom is 0.257 e. The second kappa shape index (κ2) is 6.55. The van der Waals surface area contributed by atoms with Gasteiger partial charge in [0.05, 0.1) is 5.56 Å². The fourth-order valence-electron chi connectivity index (χ4n) is 1.99. The summed E-state index contributed by atoms with van der Waals surface area (Å²) < 4.78 is 17.7. The van der Waals surface area contributed by atoms with Crippen LogP contribution in [0, 0.1) is 5.82 Å². The molecule has 0 unspecified atom stereocenters. The molecule has 0 fully saturated rings. The molecule has 2 N–H and O–H groups in total. The van der Waals surface area contributed by atoms with Crippen molar-refractivity contribution in [3.05, 3.63) is 59.4 Å². The van der Waals surface area contributed by atoms with E-state index in [1.807, 2.05) is 30.3 Å². The predicted molar refractivity (Wildman–Crippen MR) is 86.8 cm³/mol. The van der Waals surface area contributed by atoms with Gasteiger partial charge in [0.2, 0.25) is 5.13 Å². The van der Waals surface area contributed by atoms with Crippen LogP contribution in [0.4, 0.5) is 9.52 Å². The minimum Gasteiger partial charge on any atom is -0.504 e. The third-order valence-electron chi connectivity index (χ3n) is 3.16. The highest BCUT2D eigenvalue weighted by Crippen LogP contribution is 2.24. The molecule has 0 bridgehead atoms. The second-order valence-electron chi connectivity index (χ2n) is 4.76. The number of hydrogen-bond acceptors (Lipinski definition) is 6. The Morgan fingerprint density at radius 3 is 2.71 bits per heavy atom. The van der Waals surface area contributed by atoms with E-state index in [4.69, 9.17) is 0 Å². The number of aldehydes is 1. The summed E-state index contributed by atoms with van der Waals surface area (Å²) in [5.41, 5.74) is 0.388. The van der Waals surface area contributed by atoms with E-state index < -0.39 is 17.5 Å².